The number of hydrogen-bond donors (Lipinski definition) is 2. The molecule has 0 aliphatic rings. The molecule has 0 radical (unpaired) electrons. The summed E-state index contributed by atoms with van der Waals surface area (Å²) in [5.41, 5.74) is 5.47. The van der Waals surface area contributed by atoms with Gasteiger partial charge < -0.3 is 10.6 Å². The second-order valence-corrected chi connectivity index (χ2v) is 5.49. The fourth-order valence-electron chi connectivity index (χ4n) is 2.27. The van der Waals surface area contributed by atoms with Crippen LogP contribution in [0.5, 0.6) is 0 Å². The minimum atomic E-state index is -0.0492. The Morgan fingerprint density at radius 2 is 1.71 bits per heavy atom. The van der Waals surface area contributed by atoms with Gasteiger partial charge in [-0.25, -0.2) is 0 Å². The molecule has 0 bridgehead atoms. The van der Waals surface area contributed by atoms with E-state index < -0.39 is 0 Å². The largest absolute Gasteiger partial charge is 0.379 e. The lowest BCUT2D eigenvalue weighted by Gasteiger charge is -2.17. The van der Waals surface area contributed by atoms with E-state index in [1.54, 1.807) is 0 Å². The van der Waals surface area contributed by atoms with Gasteiger partial charge in [-0.1, -0.05) is 29.8 Å². The second-order valence-electron chi connectivity index (χ2n) is 5.49. The van der Waals surface area contributed by atoms with Crippen LogP contribution in [0.3, 0.4) is 0 Å². The predicted octanol–water partition coefficient (Wildman–Crippen LogP) is 4.43. The summed E-state index contributed by atoms with van der Waals surface area (Å²) in [5.74, 6) is -0.0492. The van der Waals surface area contributed by atoms with Crippen LogP contribution in [0.1, 0.15) is 36.6 Å². The highest BCUT2D eigenvalue weighted by Crippen LogP contribution is 2.24. The lowest BCUT2D eigenvalue weighted by Crippen LogP contribution is -2.09. The van der Waals surface area contributed by atoms with Crippen molar-refractivity contribution in [2.75, 3.05) is 10.6 Å². The topological polar surface area (TPSA) is 41.1 Å². The fourth-order valence-corrected chi connectivity index (χ4v) is 2.27. The number of rotatable bonds is 4. The summed E-state index contributed by atoms with van der Waals surface area (Å²) in [6.45, 7) is 7.74. The Kier molecular flexibility index (Phi) is 4.63. The third-order valence-corrected chi connectivity index (χ3v) is 3.50. The molecular formula is C18H22N2O. The number of carbonyl (C=O) groups is 1. The molecule has 0 spiro atoms. The van der Waals surface area contributed by atoms with Crippen LogP contribution in [-0.2, 0) is 4.79 Å². The lowest BCUT2D eigenvalue weighted by molar-refractivity contribution is -0.114. The van der Waals surface area contributed by atoms with Gasteiger partial charge in [-0.3, -0.25) is 4.79 Å². The number of carbonyl (C=O) groups excluding carboxylic acids is 1. The Morgan fingerprint density at radius 3 is 2.29 bits per heavy atom. The average Bonchev–Trinajstić information content (AvgIpc) is 2.42. The van der Waals surface area contributed by atoms with Gasteiger partial charge in [0, 0.05) is 24.3 Å². The highest BCUT2D eigenvalue weighted by atomic mass is 16.1. The Bertz CT molecular complexity index is 632. The number of amides is 1. The van der Waals surface area contributed by atoms with E-state index in [0.717, 1.165) is 16.9 Å². The first-order chi connectivity index (χ1) is 9.95. The second kappa shape index (κ2) is 6.44. The van der Waals surface area contributed by atoms with Gasteiger partial charge in [0.15, 0.2) is 0 Å². The number of anilines is 2. The molecule has 21 heavy (non-hydrogen) atoms. The van der Waals surface area contributed by atoms with Gasteiger partial charge >= 0.3 is 0 Å². The summed E-state index contributed by atoms with van der Waals surface area (Å²) in [6, 6.07) is 14.7. The quantitative estimate of drug-likeness (QED) is 0.870. The van der Waals surface area contributed by atoms with Gasteiger partial charge in [0.2, 0.25) is 5.91 Å². The minimum Gasteiger partial charge on any atom is -0.379 e. The molecule has 1 amide bonds. The Balaban J connectivity index is 2.10. The normalized spacial score (nSPS) is 11.8. The van der Waals surface area contributed by atoms with Crippen LogP contribution in [0.15, 0.2) is 42.5 Å². The van der Waals surface area contributed by atoms with Crippen LogP contribution in [0, 0.1) is 13.8 Å². The van der Waals surface area contributed by atoms with Crippen LogP contribution in [0.2, 0.25) is 0 Å². The summed E-state index contributed by atoms with van der Waals surface area (Å²) in [4.78, 5) is 11.1. The molecule has 3 nitrogen and oxygen atoms in total. The molecule has 3 heteroatoms. The molecule has 0 saturated carbocycles. The van der Waals surface area contributed by atoms with Crippen molar-refractivity contribution < 1.29 is 4.79 Å². The van der Waals surface area contributed by atoms with Crippen molar-refractivity contribution in [2.24, 2.45) is 0 Å². The van der Waals surface area contributed by atoms with E-state index in [4.69, 9.17) is 0 Å². The zero-order valence-electron chi connectivity index (χ0n) is 13.0. The van der Waals surface area contributed by atoms with E-state index >= 15 is 0 Å². The maximum Gasteiger partial charge on any atom is 0.221 e. The first-order valence-corrected chi connectivity index (χ1v) is 7.17. The molecule has 0 saturated heterocycles. The van der Waals surface area contributed by atoms with Crippen molar-refractivity contribution >= 4 is 17.3 Å². The van der Waals surface area contributed by atoms with Gasteiger partial charge in [-0.15, -0.1) is 0 Å². The number of hydrogen-bond acceptors (Lipinski definition) is 2. The van der Waals surface area contributed by atoms with Crippen LogP contribution >= 0.6 is 0 Å². The van der Waals surface area contributed by atoms with Gasteiger partial charge in [0.05, 0.1) is 0 Å². The SMILES string of the molecule is CC(=O)Nc1ccc(NC(C)c2ccc(C)cc2)cc1C. The lowest BCUT2D eigenvalue weighted by atomic mass is 10.1. The third kappa shape index (κ3) is 4.09. The zero-order chi connectivity index (χ0) is 15.4. The monoisotopic (exact) mass is 282 g/mol. The van der Waals surface area contributed by atoms with Crippen molar-refractivity contribution in [2.45, 2.75) is 33.7 Å². The summed E-state index contributed by atoms with van der Waals surface area (Å²) in [7, 11) is 0. The van der Waals surface area contributed by atoms with E-state index in [9.17, 15) is 4.79 Å². The first-order valence-electron chi connectivity index (χ1n) is 7.17. The van der Waals surface area contributed by atoms with E-state index in [0.29, 0.717) is 0 Å². The molecule has 0 heterocycles. The van der Waals surface area contributed by atoms with Gasteiger partial charge in [-0.05, 0) is 50.1 Å². The number of aryl methyl sites for hydroxylation is 2. The summed E-state index contributed by atoms with van der Waals surface area (Å²) in [6.07, 6.45) is 0. The Morgan fingerprint density at radius 1 is 1.05 bits per heavy atom. The summed E-state index contributed by atoms with van der Waals surface area (Å²) >= 11 is 0. The molecule has 2 N–H and O–H groups in total. The predicted molar refractivity (Wildman–Crippen MR) is 88.7 cm³/mol. The van der Waals surface area contributed by atoms with Crippen molar-refractivity contribution in [1.82, 2.24) is 0 Å². The van der Waals surface area contributed by atoms with E-state index in [1.165, 1.54) is 18.1 Å². The molecular weight excluding hydrogens is 260 g/mol. The Labute approximate surface area is 126 Å². The molecule has 1 unspecified atom stereocenters. The highest BCUT2D eigenvalue weighted by Gasteiger charge is 2.07. The highest BCUT2D eigenvalue weighted by molar-refractivity contribution is 5.89. The molecule has 0 fully saturated rings. The summed E-state index contributed by atoms with van der Waals surface area (Å²) in [5, 5.41) is 6.31. The van der Waals surface area contributed by atoms with Crippen LogP contribution in [-0.4, -0.2) is 5.91 Å². The fraction of sp³-hybridized carbons (Fsp3) is 0.278. The minimum absolute atomic E-state index is 0.0492. The summed E-state index contributed by atoms with van der Waals surface area (Å²) < 4.78 is 0. The molecule has 1 atom stereocenters. The van der Waals surface area contributed by atoms with Crippen LogP contribution < -0.4 is 10.6 Å². The van der Waals surface area contributed by atoms with Crippen LogP contribution in [0.4, 0.5) is 11.4 Å². The van der Waals surface area contributed by atoms with Crippen molar-refractivity contribution in [1.29, 1.82) is 0 Å². The smallest absolute Gasteiger partial charge is 0.221 e. The third-order valence-electron chi connectivity index (χ3n) is 3.50. The average molecular weight is 282 g/mol. The van der Waals surface area contributed by atoms with Crippen molar-refractivity contribution in [3.05, 3.63) is 59.2 Å². The molecule has 2 aromatic rings. The van der Waals surface area contributed by atoms with E-state index in [1.807, 2.05) is 19.1 Å². The first kappa shape index (κ1) is 15.1. The molecule has 110 valence electrons. The van der Waals surface area contributed by atoms with Gasteiger partial charge in [-0.2, -0.15) is 0 Å². The maximum atomic E-state index is 11.1. The molecule has 0 aromatic heterocycles. The van der Waals surface area contributed by atoms with Crippen molar-refractivity contribution in [3.63, 3.8) is 0 Å². The molecule has 2 rings (SSSR count). The standard InChI is InChI=1S/C18H22N2O/c1-12-5-7-16(8-6-12)14(3)19-17-9-10-18(13(2)11-17)20-15(4)21/h5-11,14,19H,1-4H3,(H,20,21). The van der Waals surface area contributed by atoms with E-state index in [2.05, 4.69) is 54.8 Å². The van der Waals surface area contributed by atoms with E-state index in [-0.39, 0.29) is 11.9 Å². The van der Waals surface area contributed by atoms with Crippen molar-refractivity contribution in [3.8, 4) is 0 Å². The molecule has 0 aliphatic carbocycles. The van der Waals surface area contributed by atoms with Gasteiger partial charge in [0.25, 0.3) is 0 Å². The number of benzene rings is 2. The molecule has 2 aromatic carbocycles. The maximum absolute atomic E-state index is 11.1. The number of nitrogens with one attached hydrogen (secondary N) is 2. The van der Waals surface area contributed by atoms with Gasteiger partial charge in [0.1, 0.15) is 0 Å². The van der Waals surface area contributed by atoms with Crippen LogP contribution in [0.25, 0.3) is 0 Å². The Hall–Kier alpha value is -2.29. The zero-order valence-corrected chi connectivity index (χ0v) is 13.0. The molecule has 0 aliphatic heterocycles.